The van der Waals surface area contributed by atoms with Gasteiger partial charge in [-0.15, -0.1) is 11.3 Å². The number of aryl methyl sites for hydroxylation is 1. The summed E-state index contributed by atoms with van der Waals surface area (Å²) in [5.41, 5.74) is 4.85. The summed E-state index contributed by atoms with van der Waals surface area (Å²) in [5.74, 6) is 0.664. The third-order valence-electron chi connectivity index (χ3n) is 7.17. The molecule has 1 N–H and O–H groups in total. The number of ether oxygens (including phenoxy) is 1. The Bertz CT molecular complexity index is 1750. The fourth-order valence-electron chi connectivity index (χ4n) is 5.07. The van der Waals surface area contributed by atoms with Crippen LogP contribution in [0.5, 0.6) is 5.75 Å². The Morgan fingerprint density at radius 1 is 1.05 bits per heavy atom. The standard InChI is InChI=1S/C32H30N4O3S2/c1-21-8-12-24(13-9-21)36-31(38)29-26-16-17-35(18-22-6-4-3-5-7-22)19-27(26)41-30(29)34-32(36)40-20-28(37)33-23-10-14-25(39-2)15-11-23/h3-15H,16-20H2,1-2H3,(H,33,37). The summed E-state index contributed by atoms with van der Waals surface area (Å²) in [6, 6.07) is 25.5. The maximum atomic E-state index is 14.1. The summed E-state index contributed by atoms with van der Waals surface area (Å²) in [4.78, 5) is 36.3. The predicted octanol–water partition coefficient (Wildman–Crippen LogP) is 6.05. The molecule has 2 aromatic heterocycles. The maximum absolute atomic E-state index is 14.1. The molecule has 0 aliphatic carbocycles. The summed E-state index contributed by atoms with van der Waals surface area (Å²) in [5, 5.41) is 4.13. The van der Waals surface area contributed by atoms with E-state index in [1.807, 2.05) is 37.3 Å². The Hall–Kier alpha value is -3.92. The van der Waals surface area contributed by atoms with Crippen molar-refractivity contribution in [2.45, 2.75) is 31.6 Å². The van der Waals surface area contributed by atoms with Crippen molar-refractivity contribution in [1.29, 1.82) is 0 Å². The number of methoxy groups -OCH3 is 1. The van der Waals surface area contributed by atoms with Crippen molar-refractivity contribution in [1.82, 2.24) is 14.5 Å². The van der Waals surface area contributed by atoms with E-state index in [0.29, 0.717) is 16.2 Å². The first-order chi connectivity index (χ1) is 20.0. The number of thiophene rings is 1. The maximum Gasteiger partial charge on any atom is 0.267 e. The van der Waals surface area contributed by atoms with Gasteiger partial charge in [-0.05, 0) is 60.9 Å². The van der Waals surface area contributed by atoms with Gasteiger partial charge >= 0.3 is 0 Å². The van der Waals surface area contributed by atoms with Crippen molar-refractivity contribution in [3.8, 4) is 11.4 Å². The molecule has 9 heteroatoms. The van der Waals surface area contributed by atoms with Gasteiger partial charge in [-0.2, -0.15) is 0 Å². The van der Waals surface area contributed by atoms with Gasteiger partial charge in [-0.1, -0.05) is 59.8 Å². The minimum absolute atomic E-state index is 0.0778. The van der Waals surface area contributed by atoms with Crippen LogP contribution in [0.1, 0.15) is 21.6 Å². The molecule has 0 radical (unpaired) electrons. The molecule has 0 unspecified atom stereocenters. The largest absolute Gasteiger partial charge is 0.497 e. The van der Waals surface area contributed by atoms with Gasteiger partial charge in [0.2, 0.25) is 5.91 Å². The SMILES string of the molecule is COc1ccc(NC(=O)CSc2nc3sc4c(c3c(=O)n2-c2ccc(C)cc2)CCN(Cc2ccccc2)C4)cc1. The molecule has 3 heterocycles. The third kappa shape index (κ3) is 5.93. The van der Waals surface area contributed by atoms with Crippen LogP contribution in [-0.4, -0.2) is 39.8 Å². The second-order valence-electron chi connectivity index (χ2n) is 10.1. The highest BCUT2D eigenvalue weighted by molar-refractivity contribution is 7.99. The normalized spacial score (nSPS) is 13.2. The van der Waals surface area contributed by atoms with E-state index >= 15 is 0 Å². The molecule has 0 fully saturated rings. The molecular weight excluding hydrogens is 553 g/mol. The molecule has 1 aliphatic heterocycles. The lowest BCUT2D eigenvalue weighted by molar-refractivity contribution is -0.113. The molecule has 7 nitrogen and oxygen atoms in total. The second kappa shape index (κ2) is 11.9. The van der Waals surface area contributed by atoms with Crippen molar-refractivity contribution in [2.75, 3.05) is 24.7 Å². The summed E-state index contributed by atoms with van der Waals surface area (Å²) in [6.07, 6.45) is 0.809. The van der Waals surface area contributed by atoms with E-state index in [4.69, 9.17) is 9.72 Å². The molecule has 0 saturated carbocycles. The van der Waals surface area contributed by atoms with Gasteiger partial charge in [0.25, 0.3) is 5.56 Å². The first-order valence-corrected chi connectivity index (χ1v) is 15.3. The minimum Gasteiger partial charge on any atom is -0.497 e. The molecule has 0 spiro atoms. The molecule has 41 heavy (non-hydrogen) atoms. The quantitative estimate of drug-likeness (QED) is 0.177. The average molecular weight is 583 g/mol. The van der Waals surface area contributed by atoms with Gasteiger partial charge in [0.05, 0.1) is 23.9 Å². The Kier molecular flexibility index (Phi) is 7.91. The molecule has 1 amide bonds. The number of amides is 1. The van der Waals surface area contributed by atoms with E-state index in [1.165, 1.54) is 22.2 Å². The summed E-state index contributed by atoms with van der Waals surface area (Å²) < 4.78 is 6.86. The summed E-state index contributed by atoms with van der Waals surface area (Å²) >= 11 is 2.87. The van der Waals surface area contributed by atoms with Crippen molar-refractivity contribution in [3.05, 3.63) is 111 Å². The Morgan fingerprint density at radius 2 is 1.80 bits per heavy atom. The van der Waals surface area contributed by atoms with Crippen LogP contribution in [0.3, 0.4) is 0 Å². The number of rotatable bonds is 8. The van der Waals surface area contributed by atoms with Crippen LogP contribution >= 0.6 is 23.1 Å². The highest BCUT2D eigenvalue weighted by Gasteiger charge is 2.26. The van der Waals surface area contributed by atoms with Crippen LogP contribution in [0, 0.1) is 6.92 Å². The van der Waals surface area contributed by atoms with E-state index in [0.717, 1.165) is 53.4 Å². The first-order valence-electron chi connectivity index (χ1n) is 13.5. The molecule has 0 bridgehead atoms. The van der Waals surface area contributed by atoms with Crippen molar-refractivity contribution >= 4 is 44.9 Å². The molecule has 1 aliphatic rings. The number of carbonyl (C=O) groups is 1. The number of nitrogens with zero attached hydrogens (tertiary/aromatic N) is 3. The van der Waals surface area contributed by atoms with E-state index < -0.39 is 0 Å². The second-order valence-corrected chi connectivity index (χ2v) is 12.1. The molecule has 0 atom stereocenters. The van der Waals surface area contributed by atoms with Gasteiger partial charge in [0.15, 0.2) is 5.16 Å². The van der Waals surface area contributed by atoms with Crippen molar-refractivity contribution in [2.24, 2.45) is 0 Å². The van der Waals surface area contributed by atoms with Crippen LogP contribution in [-0.2, 0) is 24.3 Å². The lowest BCUT2D eigenvalue weighted by atomic mass is 10.0. The number of benzene rings is 3. The average Bonchev–Trinajstić information content (AvgIpc) is 3.35. The van der Waals surface area contributed by atoms with Crippen molar-refractivity contribution in [3.63, 3.8) is 0 Å². The Balaban J connectivity index is 1.30. The minimum atomic E-state index is -0.174. The Morgan fingerprint density at radius 3 is 2.54 bits per heavy atom. The molecule has 6 rings (SSSR count). The first kappa shape index (κ1) is 27.3. The summed E-state index contributed by atoms with van der Waals surface area (Å²) in [7, 11) is 1.60. The van der Waals surface area contributed by atoms with Crippen LogP contribution in [0.25, 0.3) is 15.9 Å². The molecule has 208 valence electrons. The van der Waals surface area contributed by atoms with Gasteiger partial charge in [0.1, 0.15) is 10.6 Å². The van der Waals surface area contributed by atoms with Crippen LogP contribution in [0.15, 0.2) is 88.8 Å². The lowest BCUT2D eigenvalue weighted by Crippen LogP contribution is -2.30. The molecular formula is C32H30N4O3S2. The summed E-state index contributed by atoms with van der Waals surface area (Å²) in [6.45, 7) is 4.57. The highest BCUT2D eigenvalue weighted by Crippen LogP contribution is 2.35. The van der Waals surface area contributed by atoms with Gasteiger partial charge in [-0.25, -0.2) is 4.98 Å². The van der Waals surface area contributed by atoms with E-state index in [2.05, 4.69) is 34.5 Å². The topological polar surface area (TPSA) is 76.5 Å². The van der Waals surface area contributed by atoms with Gasteiger partial charge < -0.3 is 10.1 Å². The third-order valence-corrected chi connectivity index (χ3v) is 9.22. The van der Waals surface area contributed by atoms with Crippen LogP contribution in [0.4, 0.5) is 5.69 Å². The zero-order chi connectivity index (χ0) is 28.3. The zero-order valence-electron chi connectivity index (χ0n) is 22.9. The van der Waals surface area contributed by atoms with Crippen molar-refractivity contribution < 1.29 is 9.53 Å². The fourth-order valence-corrected chi connectivity index (χ4v) is 7.19. The van der Waals surface area contributed by atoms with Gasteiger partial charge in [0, 0.05) is 30.2 Å². The number of anilines is 1. The predicted molar refractivity (Wildman–Crippen MR) is 167 cm³/mol. The van der Waals surface area contributed by atoms with E-state index in [9.17, 15) is 9.59 Å². The number of fused-ring (bicyclic) bond motifs is 3. The smallest absolute Gasteiger partial charge is 0.267 e. The number of nitrogens with one attached hydrogen (secondary N) is 1. The zero-order valence-corrected chi connectivity index (χ0v) is 24.6. The van der Waals surface area contributed by atoms with E-state index in [-0.39, 0.29) is 17.2 Å². The number of carbonyl (C=O) groups excluding carboxylic acids is 1. The molecule has 0 saturated heterocycles. The number of hydrogen-bond donors (Lipinski definition) is 1. The lowest BCUT2D eigenvalue weighted by Gasteiger charge is -2.26. The molecule has 5 aromatic rings. The number of thioether (sulfide) groups is 1. The van der Waals surface area contributed by atoms with Crippen LogP contribution in [0.2, 0.25) is 0 Å². The van der Waals surface area contributed by atoms with Crippen LogP contribution < -0.4 is 15.6 Å². The number of aromatic nitrogens is 2. The van der Waals surface area contributed by atoms with E-state index in [1.54, 1.807) is 47.3 Å². The fraction of sp³-hybridized carbons (Fsp3) is 0.219. The Labute approximate surface area is 246 Å². The number of hydrogen-bond acceptors (Lipinski definition) is 7. The monoisotopic (exact) mass is 582 g/mol. The highest BCUT2D eigenvalue weighted by atomic mass is 32.2. The molecule has 3 aromatic carbocycles. The van der Waals surface area contributed by atoms with Gasteiger partial charge in [-0.3, -0.25) is 19.1 Å².